The minimum absolute atomic E-state index is 0.369. The summed E-state index contributed by atoms with van der Waals surface area (Å²) in [4.78, 5) is 0. The van der Waals surface area contributed by atoms with Gasteiger partial charge in [0.05, 0.1) is 5.56 Å². The monoisotopic (exact) mass is 247 g/mol. The van der Waals surface area contributed by atoms with Gasteiger partial charge in [-0.15, -0.1) is 0 Å². The molecule has 0 amide bonds. The molecule has 1 rings (SSSR count). The predicted molar refractivity (Wildman–Crippen MR) is 64.9 cm³/mol. The van der Waals surface area contributed by atoms with Crippen LogP contribution < -0.4 is 5.73 Å². The van der Waals surface area contributed by atoms with Crippen molar-refractivity contribution in [3.8, 4) is 0 Å². The van der Waals surface area contributed by atoms with Gasteiger partial charge in [0.1, 0.15) is 0 Å². The Hall–Kier alpha value is -1.03. The Morgan fingerprint density at radius 1 is 1.12 bits per heavy atom. The molecular formula is C13H20F3N. The van der Waals surface area contributed by atoms with Crippen molar-refractivity contribution >= 4 is 0 Å². The summed E-state index contributed by atoms with van der Waals surface area (Å²) in [5, 5.41) is 0. The third-order valence-corrected chi connectivity index (χ3v) is 2.33. The number of halogens is 3. The molecule has 0 bridgehead atoms. The number of benzene rings is 1. The maximum atomic E-state index is 12.4. The summed E-state index contributed by atoms with van der Waals surface area (Å²) >= 11 is 0. The molecule has 0 atom stereocenters. The van der Waals surface area contributed by atoms with Crippen LogP contribution in [0.4, 0.5) is 13.2 Å². The minimum atomic E-state index is -4.27. The van der Waals surface area contributed by atoms with E-state index >= 15 is 0 Å². The fourth-order valence-electron chi connectivity index (χ4n) is 1.54. The average Bonchev–Trinajstić information content (AvgIpc) is 2.31. The first kappa shape index (κ1) is 16.0. The lowest BCUT2D eigenvalue weighted by Crippen LogP contribution is -2.09. The molecule has 0 saturated carbocycles. The first-order chi connectivity index (χ1) is 7.99. The predicted octanol–water partition coefficient (Wildman–Crippen LogP) is 3.80. The molecule has 0 aromatic heterocycles. The van der Waals surface area contributed by atoms with E-state index < -0.39 is 11.7 Å². The summed E-state index contributed by atoms with van der Waals surface area (Å²) in [5.41, 5.74) is 6.41. The van der Waals surface area contributed by atoms with E-state index in [1.165, 1.54) is 12.1 Å². The highest BCUT2D eigenvalue weighted by atomic mass is 19.4. The highest BCUT2D eigenvalue weighted by Gasteiger charge is 2.30. The summed E-state index contributed by atoms with van der Waals surface area (Å²) in [6.07, 6.45) is -3.05. The summed E-state index contributed by atoms with van der Waals surface area (Å²) in [6, 6.07) is 3.86. The quantitative estimate of drug-likeness (QED) is 0.864. The zero-order valence-electron chi connectivity index (χ0n) is 10.6. The van der Waals surface area contributed by atoms with Gasteiger partial charge in [-0.1, -0.05) is 26.8 Å². The van der Waals surface area contributed by atoms with Gasteiger partial charge < -0.3 is 5.73 Å². The molecule has 0 saturated heterocycles. The fourth-order valence-corrected chi connectivity index (χ4v) is 1.54. The van der Waals surface area contributed by atoms with Crippen molar-refractivity contribution < 1.29 is 13.2 Å². The molecule has 0 spiro atoms. The molecule has 0 aliphatic carbocycles. The molecule has 98 valence electrons. The Kier molecular flexibility index (Phi) is 6.88. The standard InChI is InChI=1S/C11H14F3N.C2H6/c1-2-8-3-4-10(11(12,13)14)7-9(8)5-6-15;1-2/h3-4,7H,2,5-6,15H2,1H3;1-2H3. The summed E-state index contributed by atoms with van der Waals surface area (Å²) in [7, 11) is 0. The molecule has 1 nitrogen and oxygen atoms in total. The number of hydrogen-bond donors (Lipinski definition) is 1. The molecule has 1 aromatic carbocycles. The van der Waals surface area contributed by atoms with Gasteiger partial charge >= 0.3 is 6.18 Å². The lowest BCUT2D eigenvalue weighted by Gasteiger charge is -2.12. The van der Waals surface area contributed by atoms with Crippen LogP contribution >= 0.6 is 0 Å². The van der Waals surface area contributed by atoms with E-state index in [1.807, 2.05) is 20.8 Å². The van der Waals surface area contributed by atoms with E-state index in [-0.39, 0.29) is 0 Å². The Labute approximate surface area is 101 Å². The number of nitrogens with two attached hydrogens (primary N) is 1. The topological polar surface area (TPSA) is 26.0 Å². The average molecular weight is 247 g/mol. The molecule has 4 heteroatoms. The molecule has 17 heavy (non-hydrogen) atoms. The minimum Gasteiger partial charge on any atom is -0.330 e. The van der Waals surface area contributed by atoms with Gasteiger partial charge in [0.25, 0.3) is 0 Å². The van der Waals surface area contributed by atoms with Gasteiger partial charge in [-0.3, -0.25) is 0 Å². The van der Waals surface area contributed by atoms with E-state index in [9.17, 15) is 13.2 Å². The maximum Gasteiger partial charge on any atom is 0.416 e. The lowest BCUT2D eigenvalue weighted by molar-refractivity contribution is -0.137. The van der Waals surface area contributed by atoms with E-state index in [1.54, 1.807) is 0 Å². The Bertz CT molecular complexity index is 332. The second-order valence-corrected chi connectivity index (χ2v) is 3.37. The lowest BCUT2D eigenvalue weighted by atomic mass is 9.99. The van der Waals surface area contributed by atoms with Crippen LogP contribution in [-0.2, 0) is 19.0 Å². The van der Waals surface area contributed by atoms with Gasteiger partial charge in [0.2, 0.25) is 0 Å². The van der Waals surface area contributed by atoms with Crippen LogP contribution in [0.3, 0.4) is 0 Å². The fraction of sp³-hybridized carbons (Fsp3) is 0.538. The van der Waals surface area contributed by atoms with Crippen molar-refractivity contribution in [3.63, 3.8) is 0 Å². The zero-order chi connectivity index (χ0) is 13.5. The van der Waals surface area contributed by atoms with E-state index in [0.717, 1.165) is 18.1 Å². The van der Waals surface area contributed by atoms with E-state index in [0.29, 0.717) is 18.5 Å². The molecule has 0 aliphatic heterocycles. The Morgan fingerprint density at radius 2 is 1.71 bits per heavy atom. The van der Waals surface area contributed by atoms with Gasteiger partial charge in [0.15, 0.2) is 0 Å². The van der Waals surface area contributed by atoms with Gasteiger partial charge in [-0.25, -0.2) is 0 Å². The van der Waals surface area contributed by atoms with Crippen molar-refractivity contribution in [1.29, 1.82) is 0 Å². The van der Waals surface area contributed by atoms with Crippen molar-refractivity contribution in [2.75, 3.05) is 6.54 Å². The van der Waals surface area contributed by atoms with Crippen LogP contribution in [0.1, 0.15) is 37.5 Å². The third kappa shape index (κ3) is 4.77. The summed E-state index contributed by atoms with van der Waals surface area (Å²) < 4.78 is 37.2. The second-order valence-electron chi connectivity index (χ2n) is 3.37. The maximum absolute atomic E-state index is 12.4. The molecule has 0 heterocycles. The molecular weight excluding hydrogens is 227 g/mol. The van der Waals surface area contributed by atoms with Crippen LogP contribution in [0, 0.1) is 0 Å². The van der Waals surface area contributed by atoms with Crippen LogP contribution in [0.2, 0.25) is 0 Å². The van der Waals surface area contributed by atoms with Gasteiger partial charge in [-0.05, 0) is 42.6 Å². The first-order valence-corrected chi connectivity index (χ1v) is 5.88. The molecule has 0 aliphatic rings. The summed E-state index contributed by atoms with van der Waals surface area (Å²) in [5.74, 6) is 0. The van der Waals surface area contributed by atoms with Crippen molar-refractivity contribution in [2.24, 2.45) is 5.73 Å². The summed E-state index contributed by atoms with van der Waals surface area (Å²) in [6.45, 7) is 6.29. The third-order valence-electron chi connectivity index (χ3n) is 2.33. The SMILES string of the molecule is CC.CCc1ccc(C(F)(F)F)cc1CCN. The van der Waals surface area contributed by atoms with Crippen LogP contribution in [0.5, 0.6) is 0 Å². The molecule has 2 N–H and O–H groups in total. The number of alkyl halides is 3. The van der Waals surface area contributed by atoms with Gasteiger partial charge in [-0.2, -0.15) is 13.2 Å². The van der Waals surface area contributed by atoms with Crippen molar-refractivity contribution in [1.82, 2.24) is 0 Å². The largest absolute Gasteiger partial charge is 0.416 e. The van der Waals surface area contributed by atoms with Crippen LogP contribution in [0.15, 0.2) is 18.2 Å². The van der Waals surface area contributed by atoms with E-state index in [4.69, 9.17) is 5.73 Å². The zero-order valence-corrected chi connectivity index (χ0v) is 10.6. The van der Waals surface area contributed by atoms with E-state index in [2.05, 4.69) is 0 Å². The highest BCUT2D eigenvalue weighted by molar-refractivity contribution is 5.33. The number of hydrogen-bond acceptors (Lipinski definition) is 1. The van der Waals surface area contributed by atoms with Gasteiger partial charge in [0, 0.05) is 0 Å². The Morgan fingerprint density at radius 3 is 2.12 bits per heavy atom. The first-order valence-electron chi connectivity index (χ1n) is 5.88. The van der Waals surface area contributed by atoms with Crippen molar-refractivity contribution in [2.45, 2.75) is 39.8 Å². The molecule has 1 aromatic rings. The smallest absolute Gasteiger partial charge is 0.330 e. The normalized spacial score (nSPS) is 10.8. The highest BCUT2D eigenvalue weighted by Crippen LogP contribution is 2.30. The molecule has 0 fully saturated rings. The van der Waals surface area contributed by atoms with Crippen LogP contribution in [-0.4, -0.2) is 6.54 Å². The number of aryl methyl sites for hydroxylation is 1. The van der Waals surface area contributed by atoms with Crippen molar-refractivity contribution in [3.05, 3.63) is 34.9 Å². The molecule has 0 radical (unpaired) electrons. The Balaban J connectivity index is 0.00000121. The second kappa shape index (κ2) is 7.33. The number of rotatable bonds is 3. The molecule has 0 unspecified atom stereocenters. The van der Waals surface area contributed by atoms with Crippen LogP contribution in [0.25, 0.3) is 0 Å².